The van der Waals surface area contributed by atoms with Gasteiger partial charge in [-0.15, -0.1) is 11.8 Å². The molecule has 2 aromatic rings. The summed E-state index contributed by atoms with van der Waals surface area (Å²) in [6, 6.07) is 12.2. The Bertz CT molecular complexity index is 574. The Balaban J connectivity index is 2.05. The van der Waals surface area contributed by atoms with Crippen LogP contribution >= 0.6 is 23.4 Å². The predicted molar refractivity (Wildman–Crippen MR) is 80.2 cm³/mol. The zero-order valence-corrected chi connectivity index (χ0v) is 12.1. The molecular formula is C15H15ClFNS. The lowest BCUT2D eigenvalue weighted by Crippen LogP contribution is -2.14. The number of benzene rings is 2. The third-order valence-electron chi connectivity index (χ3n) is 2.89. The van der Waals surface area contributed by atoms with E-state index in [9.17, 15) is 4.39 Å². The van der Waals surface area contributed by atoms with Crippen LogP contribution in [0.3, 0.4) is 0 Å². The van der Waals surface area contributed by atoms with Crippen LogP contribution < -0.4 is 5.73 Å². The molecule has 0 aliphatic heterocycles. The van der Waals surface area contributed by atoms with Crippen molar-refractivity contribution in [1.29, 1.82) is 0 Å². The second kappa shape index (κ2) is 6.42. The van der Waals surface area contributed by atoms with Crippen molar-refractivity contribution in [1.82, 2.24) is 0 Å². The molecule has 2 N–H and O–H groups in total. The topological polar surface area (TPSA) is 26.0 Å². The van der Waals surface area contributed by atoms with Crippen LogP contribution in [0.25, 0.3) is 0 Å². The van der Waals surface area contributed by atoms with Gasteiger partial charge in [-0.05, 0) is 42.3 Å². The molecule has 0 fully saturated rings. The molecule has 0 aromatic heterocycles. The fourth-order valence-electron chi connectivity index (χ4n) is 1.89. The number of aryl methyl sites for hydroxylation is 1. The largest absolute Gasteiger partial charge is 0.323 e. The third-order valence-corrected chi connectivity index (χ3v) is 4.52. The maximum Gasteiger partial charge on any atom is 0.123 e. The van der Waals surface area contributed by atoms with Gasteiger partial charge in [-0.2, -0.15) is 0 Å². The molecule has 0 spiro atoms. The first-order chi connectivity index (χ1) is 9.08. The van der Waals surface area contributed by atoms with Crippen molar-refractivity contribution in [2.45, 2.75) is 17.9 Å². The van der Waals surface area contributed by atoms with Crippen molar-refractivity contribution in [2.75, 3.05) is 5.75 Å². The molecule has 1 atom stereocenters. The second-order valence-electron chi connectivity index (χ2n) is 4.35. The molecule has 19 heavy (non-hydrogen) atoms. The Morgan fingerprint density at radius 3 is 2.68 bits per heavy atom. The Morgan fingerprint density at radius 1 is 1.26 bits per heavy atom. The first-order valence-electron chi connectivity index (χ1n) is 5.97. The van der Waals surface area contributed by atoms with E-state index >= 15 is 0 Å². The molecule has 100 valence electrons. The van der Waals surface area contributed by atoms with Crippen LogP contribution in [0.15, 0.2) is 47.4 Å². The molecule has 0 saturated carbocycles. The summed E-state index contributed by atoms with van der Waals surface area (Å²) < 4.78 is 13.1. The van der Waals surface area contributed by atoms with Crippen LogP contribution in [0.1, 0.15) is 17.2 Å². The van der Waals surface area contributed by atoms with Crippen LogP contribution in [0, 0.1) is 12.7 Å². The normalized spacial score (nSPS) is 12.4. The van der Waals surface area contributed by atoms with Gasteiger partial charge < -0.3 is 5.73 Å². The lowest BCUT2D eigenvalue weighted by molar-refractivity contribution is 0.624. The van der Waals surface area contributed by atoms with E-state index in [0.29, 0.717) is 5.75 Å². The smallest absolute Gasteiger partial charge is 0.123 e. The number of hydrogen-bond acceptors (Lipinski definition) is 2. The SMILES string of the molecule is Cc1cc(F)ccc1C(N)CSc1ccccc1Cl. The highest BCUT2D eigenvalue weighted by molar-refractivity contribution is 7.99. The molecule has 0 amide bonds. The van der Waals surface area contributed by atoms with Gasteiger partial charge in [0.15, 0.2) is 0 Å². The van der Waals surface area contributed by atoms with Crippen molar-refractivity contribution in [2.24, 2.45) is 5.73 Å². The molecule has 4 heteroatoms. The molecule has 1 unspecified atom stereocenters. The predicted octanol–water partition coefficient (Wildman–Crippen LogP) is 4.58. The van der Waals surface area contributed by atoms with Crippen LogP contribution in [-0.4, -0.2) is 5.75 Å². The molecule has 2 rings (SSSR count). The first-order valence-corrected chi connectivity index (χ1v) is 7.33. The number of thioether (sulfide) groups is 1. The van der Waals surface area contributed by atoms with Crippen molar-refractivity contribution in [3.8, 4) is 0 Å². The molecule has 0 saturated heterocycles. The average Bonchev–Trinajstić information content (AvgIpc) is 2.37. The highest BCUT2D eigenvalue weighted by Gasteiger charge is 2.11. The van der Waals surface area contributed by atoms with Crippen molar-refractivity contribution < 1.29 is 4.39 Å². The number of nitrogens with two attached hydrogens (primary N) is 1. The summed E-state index contributed by atoms with van der Waals surface area (Å²) >= 11 is 7.71. The summed E-state index contributed by atoms with van der Waals surface area (Å²) in [6.45, 7) is 1.87. The highest BCUT2D eigenvalue weighted by Crippen LogP contribution is 2.30. The molecule has 0 heterocycles. The minimum Gasteiger partial charge on any atom is -0.323 e. The van der Waals surface area contributed by atoms with Crippen LogP contribution in [0.5, 0.6) is 0 Å². The summed E-state index contributed by atoms with van der Waals surface area (Å²) in [5.74, 6) is 0.475. The van der Waals surface area contributed by atoms with E-state index < -0.39 is 0 Å². The maximum absolute atomic E-state index is 13.1. The Kier molecular flexibility index (Phi) is 4.86. The summed E-state index contributed by atoms with van der Waals surface area (Å²) in [4.78, 5) is 1.01. The Morgan fingerprint density at radius 2 is 2.00 bits per heavy atom. The second-order valence-corrected chi connectivity index (χ2v) is 5.82. The van der Waals surface area contributed by atoms with Crippen LogP contribution in [-0.2, 0) is 0 Å². The maximum atomic E-state index is 13.1. The molecule has 1 nitrogen and oxygen atoms in total. The monoisotopic (exact) mass is 295 g/mol. The van der Waals surface area contributed by atoms with Gasteiger partial charge in [-0.25, -0.2) is 4.39 Å². The van der Waals surface area contributed by atoms with Gasteiger partial charge in [0.1, 0.15) is 5.82 Å². The van der Waals surface area contributed by atoms with E-state index in [1.165, 1.54) is 12.1 Å². The summed E-state index contributed by atoms with van der Waals surface area (Å²) in [7, 11) is 0. The van der Waals surface area contributed by atoms with E-state index in [4.69, 9.17) is 17.3 Å². The molecular weight excluding hydrogens is 281 g/mol. The quantitative estimate of drug-likeness (QED) is 0.836. The van der Waals surface area contributed by atoms with Gasteiger partial charge in [0.05, 0.1) is 5.02 Å². The molecule has 0 aliphatic rings. The van der Waals surface area contributed by atoms with Gasteiger partial charge in [0.2, 0.25) is 0 Å². The van der Waals surface area contributed by atoms with Crippen molar-refractivity contribution >= 4 is 23.4 Å². The number of hydrogen-bond donors (Lipinski definition) is 1. The first kappa shape index (κ1) is 14.4. The minimum absolute atomic E-state index is 0.137. The van der Waals surface area contributed by atoms with E-state index in [0.717, 1.165) is 21.0 Å². The highest BCUT2D eigenvalue weighted by atomic mass is 35.5. The number of rotatable bonds is 4. The summed E-state index contributed by atoms with van der Waals surface area (Å²) in [5, 5.41) is 0.732. The fourth-order valence-corrected chi connectivity index (χ4v) is 3.11. The molecule has 0 aliphatic carbocycles. The lowest BCUT2D eigenvalue weighted by atomic mass is 10.0. The molecule has 0 radical (unpaired) electrons. The number of halogens is 2. The van der Waals surface area contributed by atoms with Gasteiger partial charge in [0, 0.05) is 16.7 Å². The summed E-state index contributed by atoms with van der Waals surface area (Å²) in [6.07, 6.45) is 0. The zero-order valence-electron chi connectivity index (χ0n) is 10.6. The van der Waals surface area contributed by atoms with Crippen LogP contribution in [0.2, 0.25) is 5.02 Å². The van der Waals surface area contributed by atoms with E-state index in [2.05, 4.69) is 0 Å². The standard InChI is InChI=1S/C15H15ClFNS/c1-10-8-11(17)6-7-12(10)14(18)9-19-15-5-3-2-4-13(15)16/h2-8,14H,9,18H2,1H3. The van der Waals surface area contributed by atoms with Gasteiger partial charge in [-0.3, -0.25) is 0 Å². The Labute approximate surface area is 122 Å². The zero-order chi connectivity index (χ0) is 13.8. The fraction of sp³-hybridized carbons (Fsp3) is 0.200. The van der Waals surface area contributed by atoms with Crippen LogP contribution in [0.4, 0.5) is 4.39 Å². The lowest BCUT2D eigenvalue weighted by Gasteiger charge is -2.15. The Hall–Kier alpha value is -1.03. The van der Waals surface area contributed by atoms with E-state index in [1.807, 2.05) is 31.2 Å². The summed E-state index contributed by atoms with van der Waals surface area (Å²) in [5.41, 5.74) is 8.01. The van der Waals surface area contributed by atoms with Crippen molar-refractivity contribution in [3.05, 3.63) is 64.4 Å². The third kappa shape index (κ3) is 3.72. The molecule has 2 aromatic carbocycles. The van der Waals surface area contributed by atoms with Gasteiger partial charge in [0.25, 0.3) is 0 Å². The van der Waals surface area contributed by atoms with Gasteiger partial charge in [-0.1, -0.05) is 29.8 Å². The van der Waals surface area contributed by atoms with Crippen molar-refractivity contribution in [3.63, 3.8) is 0 Å². The average molecular weight is 296 g/mol. The van der Waals surface area contributed by atoms with E-state index in [1.54, 1.807) is 17.8 Å². The molecule has 0 bridgehead atoms. The van der Waals surface area contributed by atoms with E-state index in [-0.39, 0.29) is 11.9 Å². The van der Waals surface area contributed by atoms with Gasteiger partial charge >= 0.3 is 0 Å². The minimum atomic E-state index is -0.229.